The third-order valence-electron chi connectivity index (χ3n) is 3.37. The summed E-state index contributed by atoms with van der Waals surface area (Å²) in [5.41, 5.74) is 1.76. The monoisotopic (exact) mass is 334 g/mol. The summed E-state index contributed by atoms with van der Waals surface area (Å²) in [5, 5.41) is 12.5. The molecule has 0 saturated heterocycles. The van der Waals surface area contributed by atoms with Crippen molar-refractivity contribution in [3.63, 3.8) is 0 Å². The van der Waals surface area contributed by atoms with E-state index in [0.29, 0.717) is 16.8 Å². The molecule has 5 nitrogen and oxygen atoms in total. The largest absolute Gasteiger partial charge is 0.329 e. The first kappa shape index (κ1) is 15.8. The number of imidazole rings is 1. The molecule has 3 aromatic rings. The van der Waals surface area contributed by atoms with Crippen LogP contribution in [0, 0.1) is 11.3 Å². The Morgan fingerprint density at radius 3 is 2.46 bits per heavy atom. The van der Waals surface area contributed by atoms with Gasteiger partial charge in [-0.15, -0.1) is 0 Å². The van der Waals surface area contributed by atoms with Gasteiger partial charge in [-0.1, -0.05) is 11.8 Å². The zero-order valence-corrected chi connectivity index (χ0v) is 13.7. The first-order valence-electron chi connectivity index (χ1n) is 7.22. The molecule has 0 aliphatic heterocycles. The number of nitrogens with one attached hydrogen (secondary N) is 1. The molecule has 0 bridgehead atoms. The van der Waals surface area contributed by atoms with Gasteiger partial charge in [0.1, 0.15) is 0 Å². The number of hydrogen-bond acceptors (Lipinski definition) is 4. The fraction of sp³-hybridized carbons (Fsp3) is 0.0556. The Morgan fingerprint density at radius 2 is 1.88 bits per heavy atom. The zero-order valence-electron chi connectivity index (χ0n) is 12.9. The number of aromatic nitrogens is 2. The van der Waals surface area contributed by atoms with Gasteiger partial charge in [-0.05, 0) is 48.5 Å². The minimum atomic E-state index is -0.205. The van der Waals surface area contributed by atoms with E-state index in [9.17, 15) is 4.79 Å². The zero-order chi connectivity index (χ0) is 16.9. The van der Waals surface area contributed by atoms with Crippen molar-refractivity contribution >= 4 is 23.4 Å². The van der Waals surface area contributed by atoms with E-state index in [4.69, 9.17) is 5.26 Å². The quantitative estimate of drug-likeness (QED) is 0.790. The summed E-state index contributed by atoms with van der Waals surface area (Å²) in [6.07, 6.45) is 3.66. The summed E-state index contributed by atoms with van der Waals surface area (Å²) in [4.78, 5) is 17.5. The second kappa shape index (κ2) is 7.02. The van der Waals surface area contributed by atoms with Crippen LogP contribution in [0.4, 0.5) is 5.69 Å². The molecule has 0 unspecified atom stereocenters. The highest BCUT2D eigenvalue weighted by atomic mass is 32.2. The third kappa shape index (κ3) is 3.65. The van der Waals surface area contributed by atoms with E-state index in [0.717, 1.165) is 10.1 Å². The summed E-state index contributed by atoms with van der Waals surface area (Å²) >= 11 is 1.56. The van der Waals surface area contributed by atoms with Crippen LogP contribution in [-0.4, -0.2) is 15.5 Å². The number of aryl methyl sites for hydroxylation is 1. The number of rotatable bonds is 4. The number of benzene rings is 2. The van der Waals surface area contributed by atoms with E-state index < -0.39 is 0 Å². The third-order valence-corrected chi connectivity index (χ3v) is 4.46. The number of carbonyl (C=O) groups is 1. The van der Waals surface area contributed by atoms with E-state index in [-0.39, 0.29) is 5.91 Å². The Morgan fingerprint density at radius 1 is 1.17 bits per heavy atom. The highest BCUT2D eigenvalue weighted by Gasteiger charge is 2.07. The van der Waals surface area contributed by atoms with Crippen LogP contribution in [0.3, 0.4) is 0 Å². The molecule has 24 heavy (non-hydrogen) atoms. The van der Waals surface area contributed by atoms with Crippen molar-refractivity contribution in [3.8, 4) is 6.07 Å². The van der Waals surface area contributed by atoms with E-state index in [2.05, 4.69) is 10.3 Å². The van der Waals surface area contributed by atoms with Crippen LogP contribution in [0.2, 0.25) is 0 Å². The van der Waals surface area contributed by atoms with E-state index in [1.807, 2.05) is 48.1 Å². The van der Waals surface area contributed by atoms with Gasteiger partial charge in [0.15, 0.2) is 5.16 Å². The Labute approximate surface area is 144 Å². The van der Waals surface area contributed by atoms with Crippen molar-refractivity contribution in [2.45, 2.75) is 10.1 Å². The molecular weight excluding hydrogens is 320 g/mol. The normalized spacial score (nSPS) is 10.2. The molecule has 0 fully saturated rings. The van der Waals surface area contributed by atoms with E-state index >= 15 is 0 Å². The molecule has 3 rings (SSSR count). The minimum absolute atomic E-state index is 0.205. The van der Waals surface area contributed by atoms with Gasteiger partial charge >= 0.3 is 0 Å². The lowest BCUT2D eigenvalue weighted by molar-refractivity contribution is 0.102. The molecule has 0 radical (unpaired) electrons. The number of hydrogen-bond donors (Lipinski definition) is 1. The van der Waals surface area contributed by atoms with Crippen LogP contribution in [0.5, 0.6) is 0 Å². The highest BCUT2D eigenvalue weighted by Crippen LogP contribution is 2.26. The average Bonchev–Trinajstić information content (AvgIpc) is 3.01. The molecule has 0 aliphatic rings. The minimum Gasteiger partial charge on any atom is -0.329 e. The van der Waals surface area contributed by atoms with Gasteiger partial charge < -0.3 is 9.88 Å². The Hall–Kier alpha value is -3.04. The molecule has 1 aromatic heterocycles. The van der Waals surface area contributed by atoms with E-state index in [1.54, 1.807) is 42.2 Å². The molecule has 1 amide bonds. The molecule has 6 heteroatoms. The van der Waals surface area contributed by atoms with Crippen molar-refractivity contribution < 1.29 is 4.79 Å². The summed E-state index contributed by atoms with van der Waals surface area (Å²) in [6.45, 7) is 0. The van der Waals surface area contributed by atoms with Crippen LogP contribution in [0.1, 0.15) is 15.9 Å². The lowest BCUT2D eigenvalue weighted by Crippen LogP contribution is -2.11. The summed E-state index contributed by atoms with van der Waals surface area (Å²) in [6, 6.07) is 16.1. The van der Waals surface area contributed by atoms with Gasteiger partial charge in [0.25, 0.3) is 5.91 Å². The number of carbonyl (C=O) groups excluding carboxylic acids is 1. The summed E-state index contributed by atoms with van der Waals surface area (Å²) in [7, 11) is 1.95. The molecule has 2 aromatic carbocycles. The fourth-order valence-corrected chi connectivity index (χ4v) is 2.86. The van der Waals surface area contributed by atoms with Crippen LogP contribution in [-0.2, 0) is 7.05 Å². The molecule has 0 aliphatic carbocycles. The molecule has 0 atom stereocenters. The topological polar surface area (TPSA) is 70.7 Å². The van der Waals surface area contributed by atoms with Crippen LogP contribution >= 0.6 is 11.8 Å². The standard InChI is InChI=1S/C18H14N4OS/c1-22-11-10-20-18(22)24-16-8-6-15(7-9-16)21-17(23)14-4-2-13(12-19)3-5-14/h2-11H,1H3,(H,21,23). The Kier molecular flexibility index (Phi) is 4.64. The summed E-state index contributed by atoms with van der Waals surface area (Å²) < 4.78 is 1.95. The molecular formula is C18H14N4OS. The first-order valence-corrected chi connectivity index (χ1v) is 8.04. The Balaban J connectivity index is 1.66. The second-order valence-electron chi connectivity index (χ2n) is 5.09. The first-order chi connectivity index (χ1) is 11.7. The number of anilines is 1. The maximum absolute atomic E-state index is 12.2. The van der Waals surface area contributed by atoms with Crippen molar-refractivity contribution in [2.24, 2.45) is 7.05 Å². The average molecular weight is 334 g/mol. The SMILES string of the molecule is Cn1ccnc1Sc1ccc(NC(=O)c2ccc(C#N)cc2)cc1. The van der Waals surface area contributed by atoms with Crippen LogP contribution in [0.25, 0.3) is 0 Å². The predicted octanol–water partition coefficient (Wildman–Crippen LogP) is 3.70. The lowest BCUT2D eigenvalue weighted by atomic mass is 10.1. The van der Waals surface area contributed by atoms with E-state index in [1.165, 1.54) is 0 Å². The summed E-state index contributed by atoms with van der Waals surface area (Å²) in [5.74, 6) is -0.205. The second-order valence-corrected chi connectivity index (χ2v) is 6.13. The molecule has 118 valence electrons. The van der Waals surface area contributed by atoms with Gasteiger partial charge in [0.2, 0.25) is 0 Å². The lowest BCUT2D eigenvalue weighted by Gasteiger charge is -2.07. The van der Waals surface area contributed by atoms with Crippen molar-refractivity contribution in [1.82, 2.24) is 9.55 Å². The maximum atomic E-state index is 12.2. The van der Waals surface area contributed by atoms with Gasteiger partial charge in [-0.2, -0.15) is 5.26 Å². The van der Waals surface area contributed by atoms with Gasteiger partial charge in [-0.25, -0.2) is 4.98 Å². The highest BCUT2D eigenvalue weighted by molar-refractivity contribution is 7.99. The Bertz CT molecular complexity index is 892. The number of nitrogens with zero attached hydrogens (tertiary/aromatic N) is 3. The fourth-order valence-electron chi connectivity index (χ4n) is 2.06. The van der Waals surface area contributed by atoms with Gasteiger partial charge in [-0.3, -0.25) is 4.79 Å². The molecule has 0 spiro atoms. The molecule has 1 heterocycles. The van der Waals surface area contributed by atoms with Crippen molar-refractivity contribution in [1.29, 1.82) is 5.26 Å². The predicted molar refractivity (Wildman–Crippen MR) is 92.9 cm³/mol. The van der Waals surface area contributed by atoms with Crippen molar-refractivity contribution in [2.75, 3.05) is 5.32 Å². The van der Waals surface area contributed by atoms with Gasteiger partial charge in [0, 0.05) is 35.6 Å². The van der Waals surface area contributed by atoms with Crippen LogP contribution < -0.4 is 5.32 Å². The van der Waals surface area contributed by atoms with Crippen LogP contribution in [0.15, 0.2) is 71.0 Å². The maximum Gasteiger partial charge on any atom is 0.255 e. The number of nitriles is 1. The smallest absolute Gasteiger partial charge is 0.255 e. The number of amides is 1. The van der Waals surface area contributed by atoms with Gasteiger partial charge in [0.05, 0.1) is 11.6 Å². The molecule has 1 N–H and O–H groups in total. The van der Waals surface area contributed by atoms with Crippen molar-refractivity contribution in [3.05, 3.63) is 72.1 Å². The molecule has 0 saturated carbocycles.